The normalized spacial score (nSPS) is 21.5. The first-order valence-electron chi connectivity index (χ1n) is 7.47. The maximum atomic E-state index is 12.8. The monoisotopic (exact) mass is 309 g/mol. The van der Waals surface area contributed by atoms with Crippen LogP contribution in [-0.2, 0) is 16.0 Å². The smallest absolute Gasteiger partial charge is 0.248 e. The molecule has 0 bridgehead atoms. The zero-order valence-corrected chi connectivity index (χ0v) is 13.9. The molecule has 5 nitrogen and oxygen atoms in total. The summed E-state index contributed by atoms with van der Waals surface area (Å²) < 4.78 is 0. The number of thiazole rings is 1. The standard InChI is InChI=1S/C15H23N3O2S/c1-5-15(6-2)14(20)18(11(4)13(19)17-15)8-7-12-16-10(3)9-21-12/h9,11H,5-8H2,1-4H3,(H,17,19). The first-order valence-corrected chi connectivity index (χ1v) is 8.35. The van der Waals surface area contributed by atoms with Crippen LogP contribution in [0.15, 0.2) is 5.38 Å². The van der Waals surface area contributed by atoms with E-state index in [9.17, 15) is 9.59 Å². The Hall–Kier alpha value is -1.43. The highest BCUT2D eigenvalue weighted by molar-refractivity contribution is 7.09. The average molecular weight is 309 g/mol. The van der Waals surface area contributed by atoms with E-state index in [1.165, 1.54) is 0 Å². The largest absolute Gasteiger partial charge is 0.340 e. The molecule has 116 valence electrons. The highest BCUT2D eigenvalue weighted by atomic mass is 32.1. The number of nitrogens with one attached hydrogen (secondary N) is 1. The van der Waals surface area contributed by atoms with Crippen LogP contribution < -0.4 is 5.32 Å². The number of aryl methyl sites for hydroxylation is 1. The minimum Gasteiger partial charge on any atom is -0.340 e. The van der Waals surface area contributed by atoms with Gasteiger partial charge in [-0.05, 0) is 26.7 Å². The molecule has 1 saturated heterocycles. The predicted molar refractivity (Wildman–Crippen MR) is 83.2 cm³/mol. The molecule has 2 heterocycles. The summed E-state index contributed by atoms with van der Waals surface area (Å²) in [5.74, 6) is -0.0264. The number of rotatable bonds is 5. The van der Waals surface area contributed by atoms with Gasteiger partial charge >= 0.3 is 0 Å². The van der Waals surface area contributed by atoms with Crippen molar-refractivity contribution in [3.05, 3.63) is 16.1 Å². The van der Waals surface area contributed by atoms with E-state index >= 15 is 0 Å². The van der Waals surface area contributed by atoms with Crippen LogP contribution in [0.4, 0.5) is 0 Å². The molecular formula is C15H23N3O2S. The molecule has 0 radical (unpaired) electrons. The van der Waals surface area contributed by atoms with E-state index in [2.05, 4.69) is 10.3 Å². The number of aromatic nitrogens is 1. The predicted octanol–water partition coefficient (Wildman–Crippen LogP) is 1.90. The van der Waals surface area contributed by atoms with Gasteiger partial charge in [-0.3, -0.25) is 9.59 Å². The highest BCUT2D eigenvalue weighted by Crippen LogP contribution is 2.25. The van der Waals surface area contributed by atoms with Crippen LogP contribution in [0.3, 0.4) is 0 Å². The Labute approximate surface area is 129 Å². The van der Waals surface area contributed by atoms with Crippen molar-refractivity contribution < 1.29 is 9.59 Å². The summed E-state index contributed by atoms with van der Waals surface area (Å²) in [7, 11) is 0. The van der Waals surface area contributed by atoms with Gasteiger partial charge in [0, 0.05) is 24.0 Å². The van der Waals surface area contributed by atoms with Crippen LogP contribution in [0, 0.1) is 6.92 Å². The van der Waals surface area contributed by atoms with Crippen molar-refractivity contribution in [3.63, 3.8) is 0 Å². The van der Waals surface area contributed by atoms with E-state index in [1.54, 1.807) is 23.2 Å². The second-order valence-electron chi connectivity index (χ2n) is 5.59. The Morgan fingerprint density at radius 1 is 1.38 bits per heavy atom. The molecule has 1 unspecified atom stereocenters. The van der Waals surface area contributed by atoms with Gasteiger partial charge in [0.2, 0.25) is 11.8 Å². The Morgan fingerprint density at radius 3 is 2.57 bits per heavy atom. The first-order chi connectivity index (χ1) is 9.93. The van der Waals surface area contributed by atoms with E-state index in [0.717, 1.165) is 10.7 Å². The fraction of sp³-hybridized carbons (Fsp3) is 0.667. The van der Waals surface area contributed by atoms with E-state index in [4.69, 9.17) is 0 Å². The molecule has 1 aromatic heterocycles. The number of carbonyl (C=O) groups is 2. The third kappa shape index (κ3) is 2.95. The van der Waals surface area contributed by atoms with Crippen LogP contribution in [0.1, 0.15) is 44.3 Å². The minimum absolute atomic E-state index is 0.0351. The highest BCUT2D eigenvalue weighted by Gasteiger charge is 2.47. The molecule has 1 aliphatic heterocycles. The van der Waals surface area contributed by atoms with Gasteiger partial charge in [-0.1, -0.05) is 13.8 Å². The number of piperazine rings is 1. The third-order valence-corrected chi connectivity index (χ3v) is 5.35. The number of hydrogen-bond acceptors (Lipinski definition) is 4. The molecule has 1 atom stereocenters. The van der Waals surface area contributed by atoms with Crippen molar-refractivity contribution >= 4 is 23.2 Å². The molecule has 21 heavy (non-hydrogen) atoms. The lowest BCUT2D eigenvalue weighted by atomic mass is 9.87. The van der Waals surface area contributed by atoms with Gasteiger partial charge < -0.3 is 10.2 Å². The summed E-state index contributed by atoms with van der Waals surface area (Å²) in [5.41, 5.74) is 0.268. The van der Waals surface area contributed by atoms with Crippen molar-refractivity contribution in [2.24, 2.45) is 0 Å². The molecule has 0 saturated carbocycles. The lowest BCUT2D eigenvalue weighted by molar-refractivity contribution is -0.154. The van der Waals surface area contributed by atoms with Crippen molar-refractivity contribution in [2.45, 2.75) is 58.5 Å². The van der Waals surface area contributed by atoms with Crippen LogP contribution in [0.2, 0.25) is 0 Å². The lowest BCUT2D eigenvalue weighted by Crippen LogP contribution is -2.69. The number of carbonyl (C=O) groups excluding carboxylic acids is 2. The molecular weight excluding hydrogens is 286 g/mol. The number of hydrogen-bond donors (Lipinski definition) is 1. The second-order valence-corrected chi connectivity index (χ2v) is 6.53. The van der Waals surface area contributed by atoms with Gasteiger partial charge in [0.1, 0.15) is 11.6 Å². The van der Waals surface area contributed by atoms with Gasteiger partial charge in [-0.2, -0.15) is 0 Å². The van der Waals surface area contributed by atoms with E-state index in [-0.39, 0.29) is 11.8 Å². The molecule has 1 N–H and O–H groups in total. The molecule has 1 aromatic rings. The number of nitrogens with zero attached hydrogens (tertiary/aromatic N) is 2. The Balaban J connectivity index is 2.15. The summed E-state index contributed by atoms with van der Waals surface area (Å²) in [6, 6.07) is -0.412. The Morgan fingerprint density at radius 2 is 2.05 bits per heavy atom. The van der Waals surface area contributed by atoms with Crippen molar-refractivity contribution in [1.82, 2.24) is 15.2 Å². The molecule has 1 fully saturated rings. The van der Waals surface area contributed by atoms with Crippen molar-refractivity contribution in [1.29, 1.82) is 0 Å². The zero-order chi connectivity index (χ0) is 15.6. The van der Waals surface area contributed by atoms with E-state index < -0.39 is 11.6 Å². The van der Waals surface area contributed by atoms with Crippen LogP contribution in [-0.4, -0.2) is 39.8 Å². The first kappa shape index (κ1) is 15.9. The summed E-state index contributed by atoms with van der Waals surface area (Å²) in [4.78, 5) is 31.1. The molecule has 0 aliphatic carbocycles. The van der Waals surface area contributed by atoms with Gasteiger partial charge in [0.25, 0.3) is 0 Å². The fourth-order valence-electron chi connectivity index (χ4n) is 2.74. The van der Waals surface area contributed by atoms with Gasteiger partial charge in [0.05, 0.1) is 5.01 Å². The quantitative estimate of drug-likeness (QED) is 0.903. The zero-order valence-electron chi connectivity index (χ0n) is 13.1. The molecule has 0 aromatic carbocycles. The van der Waals surface area contributed by atoms with E-state index in [0.29, 0.717) is 25.8 Å². The molecule has 0 spiro atoms. The van der Waals surface area contributed by atoms with Gasteiger partial charge in [0.15, 0.2) is 0 Å². The van der Waals surface area contributed by atoms with Crippen LogP contribution in [0.5, 0.6) is 0 Å². The van der Waals surface area contributed by atoms with Crippen molar-refractivity contribution in [3.8, 4) is 0 Å². The molecule has 1 aliphatic rings. The average Bonchev–Trinajstić information content (AvgIpc) is 2.89. The summed E-state index contributed by atoms with van der Waals surface area (Å²) in [5, 5.41) is 5.93. The van der Waals surface area contributed by atoms with Gasteiger partial charge in [-0.15, -0.1) is 11.3 Å². The molecule has 2 rings (SSSR count). The van der Waals surface area contributed by atoms with Crippen LogP contribution in [0.25, 0.3) is 0 Å². The minimum atomic E-state index is -0.734. The lowest BCUT2D eigenvalue weighted by Gasteiger charge is -2.44. The fourth-order valence-corrected chi connectivity index (χ4v) is 3.51. The van der Waals surface area contributed by atoms with Crippen LogP contribution >= 0.6 is 11.3 Å². The topological polar surface area (TPSA) is 62.3 Å². The summed E-state index contributed by atoms with van der Waals surface area (Å²) in [6.07, 6.45) is 1.94. The Kier molecular flexibility index (Phi) is 4.66. The van der Waals surface area contributed by atoms with Gasteiger partial charge in [-0.25, -0.2) is 4.98 Å². The Bertz CT molecular complexity index is 537. The second kappa shape index (κ2) is 6.13. The molecule has 2 amide bonds. The maximum Gasteiger partial charge on any atom is 0.248 e. The SMILES string of the molecule is CCC1(CC)NC(=O)C(C)N(CCc2nc(C)cs2)C1=O. The third-order valence-electron chi connectivity index (χ3n) is 4.32. The summed E-state index contributed by atoms with van der Waals surface area (Å²) in [6.45, 7) is 8.18. The van der Waals surface area contributed by atoms with E-state index in [1.807, 2.05) is 26.2 Å². The van der Waals surface area contributed by atoms with Crippen molar-refractivity contribution in [2.75, 3.05) is 6.54 Å². The maximum absolute atomic E-state index is 12.8. The summed E-state index contributed by atoms with van der Waals surface area (Å²) >= 11 is 1.60. The number of amides is 2. The molecule has 6 heteroatoms.